The maximum absolute atomic E-state index is 12.0. The molecule has 2 fully saturated rings. The second kappa shape index (κ2) is 17.8. The molecule has 0 saturated heterocycles. The number of carbonyl (C=O) groups excluding carboxylic acids is 1. The molecule has 4 heterocycles. The minimum atomic E-state index is -0.468. The van der Waals surface area contributed by atoms with Gasteiger partial charge in [0.05, 0.1) is 10.8 Å². The highest BCUT2D eigenvalue weighted by atomic mass is 35.5. The quantitative estimate of drug-likeness (QED) is 0.135. The Morgan fingerprint density at radius 2 is 1.12 bits per heavy atom. The summed E-state index contributed by atoms with van der Waals surface area (Å²) in [6, 6.07) is 18.2. The van der Waals surface area contributed by atoms with Gasteiger partial charge in [-0.1, -0.05) is 51.3 Å². The van der Waals surface area contributed by atoms with Crippen LogP contribution in [0.1, 0.15) is 87.0 Å². The van der Waals surface area contributed by atoms with Crippen LogP contribution >= 0.6 is 35.1 Å². The molecule has 10 nitrogen and oxygen atoms in total. The minimum absolute atomic E-state index is 0. The summed E-state index contributed by atoms with van der Waals surface area (Å²) >= 11 is 3.42. The lowest BCUT2D eigenvalue weighted by molar-refractivity contribution is 0.0492. The fourth-order valence-electron chi connectivity index (χ4n) is 6.84. The molecule has 280 valence electrons. The van der Waals surface area contributed by atoms with E-state index in [1.807, 2.05) is 20.8 Å². The van der Waals surface area contributed by atoms with Gasteiger partial charge in [-0.25, -0.2) is 24.7 Å². The highest BCUT2D eigenvalue weighted by Gasteiger charge is 2.26. The number of halogens is 1. The Kier molecular flexibility index (Phi) is 14.0. The molecule has 6 aromatic rings. The van der Waals surface area contributed by atoms with Gasteiger partial charge in [0.25, 0.3) is 0 Å². The van der Waals surface area contributed by atoms with E-state index in [0.29, 0.717) is 18.1 Å². The largest absolute Gasteiger partial charge is 0.444 e. The normalized spacial score (nSPS) is 20.1. The summed E-state index contributed by atoms with van der Waals surface area (Å²) in [5.41, 5.74) is 5.52. The van der Waals surface area contributed by atoms with Crippen molar-refractivity contribution >= 4 is 93.4 Å². The van der Waals surface area contributed by atoms with E-state index < -0.39 is 5.60 Å². The predicted octanol–water partition coefficient (Wildman–Crippen LogP) is 10.3. The zero-order valence-corrected chi connectivity index (χ0v) is 31.1. The summed E-state index contributed by atoms with van der Waals surface area (Å²) in [7, 11) is 0. The number of hydrogen-bond donors (Lipinski definition) is 4. The Labute approximate surface area is 321 Å². The van der Waals surface area contributed by atoms with E-state index in [-0.39, 0.29) is 39.4 Å². The molecular formula is C39H53ClN8O2S2. The molecule has 0 radical (unpaired) electrons. The number of carbonyl (C=O) groups is 1. The van der Waals surface area contributed by atoms with E-state index in [4.69, 9.17) is 10.5 Å². The van der Waals surface area contributed by atoms with Gasteiger partial charge in [-0.15, -0.1) is 35.1 Å². The molecule has 0 aliphatic heterocycles. The maximum Gasteiger partial charge on any atom is 0.407 e. The highest BCUT2D eigenvalue weighted by Crippen LogP contribution is 2.38. The number of hydrogen-bond acceptors (Lipinski definition) is 11. The van der Waals surface area contributed by atoms with Gasteiger partial charge < -0.3 is 26.4 Å². The number of nitrogens with one attached hydrogen (secondary N) is 3. The van der Waals surface area contributed by atoms with Crippen LogP contribution in [-0.4, -0.2) is 55.8 Å². The van der Waals surface area contributed by atoms with Crippen molar-refractivity contribution in [1.29, 1.82) is 0 Å². The van der Waals surface area contributed by atoms with Crippen molar-refractivity contribution in [2.24, 2.45) is 5.73 Å². The van der Waals surface area contributed by atoms with Crippen molar-refractivity contribution in [3.8, 4) is 0 Å². The second-order valence-corrected chi connectivity index (χ2v) is 16.2. The molecule has 0 bridgehead atoms. The molecule has 4 aromatic heterocycles. The van der Waals surface area contributed by atoms with Crippen molar-refractivity contribution in [1.82, 2.24) is 25.3 Å². The molecule has 13 heteroatoms. The van der Waals surface area contributed by atoms with Gasteiger partial charge in [0.1, 0.15) is 39.6 Å². The van der Waals surface area contributed by atoms with Gasteiger partial charge >= 0.3 is 6.09 Å². The first kappa shape index (κ1) is 40.9. The summed E-state index contributed by atoms with van der Waals surface area (Å²) in [4.78, 5) is 32.0. The number of nitrogens with zero attached hydrogens (tertiary/aromatic N) is 4. The fraction of sp³-hybridized carbons (Fsp3) is 0.462. The van der Waals surface area contributed by atoms with E-state index >= 15 is 0 Å². The standard InChI is InChI=1S/C21H26N4O2S.C16H18N4S.2CH4.ClH/c1-21(2,3)27-20(26)25-14-10-8-13(9-11-14)24-18-17-15-6-4-5-7-16(15)28-19(17)23-12-22-18;17-10-5-7-11(8-6-10)20-15-14-12-3-1-2-4-13(12)21-16(14)19-9-18-15;;;/h4-7,12-14H,8-11H2,1-3H3,(H,25,26)(H,22,23,24);1-4,9-11H,5-8,17H2,(H,18,19,20);2*1H4;1H. The lowest BCUT2D eigenvalue weighted by Crippen LogP contribution is -2.42. The molecule has 5 N–H and O–H groups in total. The van der Waals surface area contributed by atoms with E-state index in [2.05, 4.69) is 84.4 Å². The first-order valence-corrected chi connectivity index (χ1v) is 18.9. The molecule has 52 heavy (non-hydrogen) atoms. The number of alkyl carbamates (subject to hydrolysis) is 1. The zero-order valence-electron chi connectivity index (χ0n) is 28.6. The number of anilines is 2. The summed E-state index contributed by atoms with van der Waals surface area (Å²) in [5.74, 6) is 1.88. The zero-order chi connectivity index (χ0) is 34.0. The van der Waals surface area contributed by atoms with Gasteiger partial charge in [-0.3, -0.25) is 0 Å². The first-order valence-electron chi connectivity index (χ1n) is 17.2. The van der Waals surface area contributed by atoms with Crippen molar-refractivity contribution in [2.45, 2.75) is 117 Å². The number of amides is 1. The van der Waals surface area contributed by atoms with Gasteiger partial charge in [0.15, 0.2) is 0 Å². The Morgan fingerprint density at radius 1 is 0.692 bits per heavy atom. The van der Waals surface area contributed by atoms with Crippen LogP contribution in [0.2, 0.25) is 0 Å². The van der Waals surface area contributed by atoms with Gasteiger partial charge in [-0.05, 0) is 84.3 Å². The smallest absolute Gasteiger partial charge is 0.407 e. The summed E-state index contributed by atoms with van der Waals surface area (Å²) in [6.07, 6.45) is 11.2. The van der Waals surface area contributed by atoms with Crippen LogP contribution in [0.5, 0.6) is 0 Å². The van der Waals surface area contributed by atoms with Crippen molar-refractivity contribution < 1.29 is 9.53 Å². The Morgan fingerprint density at radius 3 is 1.58 bits per heavy atom. The summed E-state index contributed by atoms with van der Waals surface area (Å²) in [5, 5.41) is 15.0. The highest BCUT2D eigenvalue weighted by molar-refractivity contribution is 7.25. The van der Waals surface area contributed by atoms with Gasteiger partial charge in [-0.2, -0.15) is 0 Å². The predicted molar refractivity (Wildman–Crippen MR) is 223 cm³/mol. The number of nitrogens with two attached hydrogens (primary N) is 1. The Balaban J connectivity index is 0.000000227. The SMILES string of the molecule is C.C.CC(C)(C)OC(=O)NC1CCC(Nc2ncnc3sc4ccccc4c23)CC1.Cl.NC1CCC(Nc2ncnc3sc4ccccc4c23)CC1. The number of ether oxygens (including phenoxy) is 1. The molecule has 2 aliphatic carbocycles. The van der Waals surface area contributed by atoms with Crippen molar-refractivity contribution in [3.63, 3.8) is 0 Å². The molecule has 8 rings (SSSR count). The summed E-state index contributed by atoms with van der Waals surface area (Å²) < 4.78 is 7.86. The lowest BCUT2D eigenvalue weighted by atomic mass is 9.91. The number of benzene rings is 2. The van der Waals surface area contributed by atoms with Crippen LogP contribution in [0.25, 0.3) is 40.6 Å². The van der Waals surface area contributed by atoms with Crippen LogP contribution in [0.4, 0.5) is 16.4 Å². The van der Waals surface area contributed by atoms with Crippen LogP contribution in [-0.2, 0) is 4.74 Å². The van der Waals surface area contributed by atoms with Crippen molar-refractivity contribution in [3.05, 3.63) is 61.2 Å². The molecule has 2 aliphatic rings. The molecular weight excluding hydrogens is 712 g/mol. The van der Waals surface area contributed by atoms with Crippen molar-refractivity contribution in [2.75, 3.05) is 10.6 Å². The van der Waals surface area contributed by atoms with Crippen LogP contribution in [0, 0.1) is 0 Å². The molecule has 1 amide bonds. The van der Waals surface area contributed by atoms with Crippen LogP contribution in [0.3, 0.4) is 0 Å². The average Bonchev–Trinajstić information content (AvgIpc) is 3.66. The molecule has 0 atom stereocenters. The lowest BCUT2D eigenvalue weighted by Gasteiger charge is -2.30. The van der Waals surface area contributed by atoms with Crippen LogP contribution in [0.15, 0.2) is 61.2 Å². The average molecular weight is 765 g/mol. The number of thiophene rings is 2. The number of aromatic nitrogens is 4. The maximum atomic E-state index is 12.0. The third-order valence-electron chi connectivity index (χ3n) is 9.25. The van der Waals surface area contributed by atoms with E-state index in [1.54, 1.807) is 35.3 Å². The third-order valence-corrected chi connectivity index (χ3v) is 11.4. The first-order chi connectivity index (χ1) is 23.7. The second-order valence-electron chi connectivity index (χ2n) is 14.1. The Hall–Kier alpha value is -3.84. The molecule has 0 spiro atoms. The number of fused-ring (bicyclic) bond motifs is 6. The topological polar surface area (TPSA) is 140 Å². The minimum Gasteiger partial charge on any atom is -0.444 e. The molecule has 2 aromatic carbocycles. The monoisotopic (exact) mass is 764 g/mol. The van der Waals surface area contributed by atoms with E-state index in [0.717, 1.165) is 83.4 Å². The summed E-state index contributed by atoms with van der Waals surface area (Å²) in [6.45, 7) is 5.64. The van der Waals surface area contributed by atoms with E-state index in [9.17, 15) is 4.79 Å². The van der Waals surface area contributed by atoms with Gasteiger partial charge in [0, 0.05) is 44.3 Å². The van der Waals surface area contributed by atoms with Gasteiger partial charge in [0.2, 0.25) is 0 Å². The third kappa shape index (κ3) is 9.57. The molecule has 2 saturated carbocycles. The molecule has 0 unspecified atom stereocenters. The number of rotatable bonds is 5. The fourth-order valence-corrected chi connectivity index (χ4v) is 8.92. The van der Waals surface area contributed by atoms with E-state index in [1.165, 1.54) is 20.2 Å². The van der Waals surface area contributed by atoms with Crippen LogP contribution < -0.4 is 21.7 Å². The Bertz CT molecular complexity index is 2060.